The van der Waals surface area contributed by atoms with Crippen LogP contribution in [0.1, 0.15) is 36.3 Å². The van der Waals surface area contributed by atoms with Gasteiger partial charge in [-0.25, -0.2) is 4.99 Å². The summed E-state index contributed by atoms with van der Waals surface area (Å²) in [4.78, 5) is 16.9. The molecule has 110 valence electrons. The second-order valence-corrected chi connectivity index (χ2v) is 6.05. The zero-order chi connectivity index (χ0) is 15.3. The molecule has 1 aromatic carbocycles. The van der Waals surface area contributed by atoms with Gasteiger partial charge in [-0.05, 0) is 48.6 Å². The number of rotatable bonds is 1. The smallest absolute Gasteiger partial charge is 0.238 e. The number of nitriles is 1. The second-order valence-electron chi connectivity index (χ2n) is 5.64. The van der Waals surface area contributed by atoms with Gasteiger partial charge in [0.2, 0.25) is 5.91 Å². The highest BCUT2D eigenvalue weighted by Crippen LogP contribution is 2.40. The lowest BCUT2D eigenvalue weighted by Crippen LogP contribution is -2.33. The van der Waals surface area contributed by atoms with E-state index in [4.69, 9.17) is 16.9 Å². The average molecular weight is 313 g/mol. The normalized spacial score (nSPS) is 25.8. The molecule has 1 aliphatic carbocycles. The highest BCUT2D eigenvalue weighted by molar-refractivity contribution is 6.27. The summed E-state index contributed by atoms with van der Waals surface area (Å²) in [5.41, 5.74) is 4.52. The Hall–Kier alpha value is -2.32. The fraction of sp³-hybridized carbons (Fsp3) is 0.312. The number of hydrogen-bond acceptors (Lipinski definition) is 4. The third-order valence-electron chi connectivity index (χ3n) is 4.36. The molecule has 2 N–H and O–H groups in total. The van der Waals surface area contributed by atoms with Crippen molar-refractivity contribution in [2.24, 2.45) is 4.99 Å². The molecule has 22 heavy (non-hydrogen) atoms. The van der Waals surface area contributed by atoms with Crippen molar-refractivity contribution in [2.75, 3.05) is 5.32 Å². The van der Waals surface area contributed by atoms with Gasteiger partial charge in [0.15, 0.2) is 5.62 Å². The molecule has 2 atom stereocenters. The molecule has 0 bridgehead atoms. The standard InChI is InChI=1S/C16H13ClN4O/c17-16-20-11-3-1-2-9(11)14(21-16)13-10-6-8(7-18)4-5-12(10)19-15(13)22/h4-6,13,16,20H,1-3H2,(H,19,22). The van der Waals surface area contributed by atoms with Crippen molar-refractivity contribution in [3.8, 4) is 6.07 Å². The number of anilines is 1. The number of amides is 1. The van der Waals surface area contributed by atoms with Crippen LogP contribution in [-0.4, -0.2) is 17.2 Å². The number of fused-ring (bicyclic) bond motifs is 1. The van der Waals surface area contributed by atoms with E-state index in [0.717, 1.165) is 47.5 Å². The minimum atomic E-state index is -0.539. The van der Waals surface area contributed by atoms with Crippen LogP contribution in [0.4, 0.5) is 5.69 Å². The SMILES string of the molecule is N#Cc1ccc2c(c1)C(C1=NC(Cl)NC3=C1CCC3)C(=O)N2. The van der Waals surface area contributed by atoms with Crippen LogP contribution < -0.4 is 10.6 Å². The molecule has 0 fully saturated rings. The number of carbonyl (C=O) groups excluding carboxylic acids is 1. The number of alkyl halides is 1. The van der Waals surface area contributed by atoms with Crippen molar-refractivity contribution in [1.82, 2.24) is 5.32 Å². The maximum absolute atomic E-state index is 12.5. The van der Waals surface area contributed by atoms with E-state index in [1.165, 1.54) is 0 Å². The van der Waals surface area contributed by atoms with Crippen LogP contribution in [0.3, 0.4) is 0 Å². The van der Waals surface area contributed by atoms with E-state index in [2.05, 4.69) is 21.7 Å². The largest absolute Gasteiger partial charge is 0.354 e. The van der Waals surface area contributed by atoms with Crippen LogP contribution in [0.2, 0.25) is 0 Å². The Bertz CT molecular complexity index is 790. The van der Waals surface area contributed by atoms with Gasteiger partial charge in [0.1, 0.15) is 5.92 Å². The number of benzene rings is 1. The van der Waals surface area contributed by atoms with E-state index < -0.39 is 11.5 Å². The lowest BCUT2D eigenvalue weighted by molar-refractivity contribution is -0.115. The molecular weight excluding hydrogens is 300 g/mol. The van der Waals surface area contributed by atoms with Gasteiger partial charge in [-0.2, -0.15) is 5.26 Å². The van der Waals surface area contributed by atoms with E-state index in [-0.39, 0.29) is 5.91 Å². The Morgan fingerprint density at radius 3 is 3.05 bits per heavy atom. The van der Waals surface area contributed by atoms with Crippen LogP contribution >= 0.6 is 11.6 Å². The van der Waals surface area contributed by atoms with Gasteiger partial charge >= 0.3 is 0 Å². The number of nitrogens with one attached hydrogen (secondary N) is 2. The number of halogens is 1. The Morgan fingerprint density at radius 2 is 2.23 bits per heavy atom. The number of carbonyl (C=O) groups is 1. The first kappa shape index (κ1) is 13.4. The first-order chi connectivity index (χ1) is 10.7. The average Bonchev–Trinajstić information content (AvgIpc) is 3.08. The molecule has 4 rings (SSSR count). The van der Waals surface area contributed by atoms with E-state index in [9.17, 15) is 4.79 Å². The molecule has 2 aliphatic heterocycles. The van der Waals surface area contributed by atoms with Crippen molar-refractivity contribution in [2.45, 2.75) is 30.8 Å². The van der Waals surface area contributed by atoms with Gasteiger partial charge in [0.05, 0.1) is 17.3 Å². The quantitative estimate of drug-likeness (QED) is 0.618. The molecule has 1 amide bonds. The monoisotopic (exact) mass is 312 g/mol. The molecule has 1 aromatic rings. The molecule has 0 spiro atoms. The molecule has 3 aliphatic rings. The van der Waals surface area contributed by atoms with Crippen LogP contribution in [0.25, 0.3) is 0 Å². The molecule has 2 unspecified atom stereocenters. The van der Waals surface area contributed by atoms with Crippen molar-refractivity contribution < 1.29 is 4.79 Å². The summed E-state index contributed by atoms with van der Waals surface area (Å²) in [6.45, 7) is 0. The first-order valence-corrected chi connectivity index (χ1v) is 7.66. The molecular formula is C16H13ClN4O. The predicted molar refractivity (Wildman–Crippen MR) is 83.6 cm³/mol. The maximum atomic E-state index is 12.5. The van der Waals surface area contributed by atoms with E-state index >= 15 is 0 Å². The summed E-state index contributed by atoms with van der Waals surface area (Å²) < 4.78 is 0. The summed E-state index contributed by atoms with van der Waals surface area (Å²) in [6, 6.07) is 7.36. The van der Waals surface area contributed by atoms with Crippen molar-refractivity contribution in [1.29, 1.82) is 5.26 Å². The third-order valence-corrected chi connectivity index (χ3v) is 4.56. The van der Waals surface area contributed by atoms with Gasteiger partial charge in [0.25, 0.3) is 0 Å². The number of hydrogen-bond donors (Lipinski definition) is 2. The van der Waals surface area contributed by atoms with Gasteiger partial charge in [-0.3, -0.25) is 4.79 Å². The van der Waals surface area contributed by atoms with Gasteiger partial charge in [-0.1, -0.05) is 11.6 Å². The van der Waals surface area contributed by atoms with Crippen LogP contribution in [-0.2, 0) is 4.79 Å². The second kappa shape index (κ2) is 4.85. The molecule has 5 nitrogen and oxygen atoms in total. The molecule has 0 saturated heterocycles. The summed E-state index contributed by atoms with van der Waals surface area (Å²) in [6.07, 6.45) is 2.89. The molecule has 0 radical (unpaired) electrons. The molecule has 0 saturated carbocycles. The summed E-state index contributed by atoms with van der Waals surface area (Å²) in [7, 11) is 0. The summed E-state index contributed by atoms with van der Waals surface area (Å²) >= 11 is 6.17. The highest BCUT2D eigenvalue weighted by Gasteiger charge is 2.39. The maximum Gasteiger partial charge on any atom is 0.238 e. The predicted octanol–water partition coefficient (Wildman–Crippen LogP) is 2.60. The lowest BCUT2D eigenvalue weighted by atomic mass is 9.88. The van der Waals surface area contributed by atoms with Crippen LogP contribution in [0.5, 0.6) is 0 Å². The number of nitrogens with zero attached hydrogens (tertiary/aromatic N) is 2. The Kier molecular flexibility index (Phi) is 2.95. The lowest BCUT2D eigenvalue weighted by Gasteiger charge is -2.24. The zero-order valence-electron chi connectivity index (χ0n) is 11.7. The van der Waals surface area contributed by atoms with Crippen LogP contribution in [0.15, 0.2) is 34.5 Å². The highest BCUT2D eigenvalue weighted by atomic mass is 35.5. The minimum Gasteiger partial charge on any atom is -0.354 e. The zero-order valence-corrected chi connectivity index (χ0v) is 12.4. The van der Waals surface area contributed by atoms with Gasteiger partial charge < -0.3 is 10.6 Å². The summed E-state index contributed by atoms with van der Waals surface area (Å²) in [5.74, 6) is -0.580. The molecule has 2 heterocycles. The minimum absolute atomic E-state index is 0.103. The number of allylic oxidation sites excluding steroid dienone is 2. The van der Waals surface area contributed by atoms with Gasteiger partial charge in [0, 0.05) is 11.4 Å². The Morgan fingerprint density at radius 1 is 1.36 bits per heavy atom. The Balaban J connectivity index is 1.84. The molecule has 0 aromatic heterocycles. The van der Waals surface area contributed by atoms with Crippen LogP contribution in [0, 0.1) is 11.3 Å². The third kappa shape index (κ3) is 1.92. The van der Waals surface area contributed by atoms with E-state index in [0.29, 0.717) is 5.56 Å². The van der Waals surface area contributed by atoms with Crippen molar-refractivity contribution >= 4 is 28.9 Å². The first-order valence-electron chi connectivity index (χ1n) is 7.23. The fourth-order valence-electron chi connectivity index (χ4n) is 3.41. The molecule has 6 heteroatoms. The van der Waals surface area contributed by atoms with E-state index in [1.54, 1.807) is 18.2 Å². The van der Waals surface area contributed by atoms with Gasteiger partial charge in [-0.15, -0.1) is 0 Å². The number of aliphatic imine (C=N–C) groups is 1. The van der Waals surface area contributed by atoms with E-state index in [1.807, 2.05) is 0 Å². The fourth-order valence-corrected chi connectivity index (χ4v) is 3.65. The van der Waals surface area contributed by atoms with Crippen molar-refractivity contribution in [3.05, 3.63) is 40.6 Å². The topological polar surface area (TPSA) is 77.3 Å². The van der Waals surface area contributed by atoms with Crippen molar-refractivity contribution in [3.63, 3.8) is 0 Å². The Labute approximate surface area is 132 Å². The summed E-state index contributed by atoms with van der Waals surface area (Å²) in [5, 5.41) is 15.1.